The van der Waals surface area contributed by atoms with Crippen molar-refractivity contribution in [3.05, 3.63) is 18.6 Å². The first-order chi connectivity index (χ1) is 12.6. The summed E-state index contributed by atoms with van der Waals surface area (Å²) in [5, 5.41) is 1.06. The number of fused-ring (bicyclic) bond motifs is 1. The Kier molecular flexibility index (Phi) is 5.49. The predicted molar refractivity (Wildman–Crippen MR) is 110 cm³/mol. The van der Waals surface area contributed by atoms with Crippen LogP contribution in [0.1, 0.15) is 46.5 Å². The van der Waals surface area contributed by atoms with Crippen molar-refractivity contribution in [3.8, 4) is 0 Å². The van der Waals surface area contributed by atoms with E-state index in [4.69, 9.17) is 0 Å². The lowest BCUT2D eigenvalue weighted by Crippen LogP contribution is -2.38. The summed E-state index contributed by atoms with van der Waals surface area (Å²) in [6.07, 6.45) is 7.52. The van der Waals surface area contributed by atoms with Gasteiger partial charge in [-0.2, -0.15) is 0 Å². The Bertz CT molecular complexity index is 892. The minimum Gasteiger partial charge on any atom is -0.356 e. The molecule has 2 heterocycles. The molecule has 1 aliphatic carbocycles. The zero-order valence-corrected chi connectivity index (χ0v) is 17.8. The smallest absolute Gasteiger partial charge is 0.211 e. The number of anilines is 1. The normalized spacial score (nSPS) is 21.5. The average molecular weight is 394 g/mol. The molecule has 0 atom stereocenters. The molecular weight excluding hydrogens is 362 g/mol. The fraction of sp³-hybridized carbons (Fsp3) is 0.684. The summed E-state index contributed by atoms with van der Waals surface area (Å²) in [7, 11) is 0.438. The van der Waals surface area contributed by atoms with Crippen molar-refractivity contribution >= 4 is 26.9 Å². The van der Waals surface area contributed by atoms with Crippen molar-refractivity contribution < 1.29 is 8.42 Å². The van der Waals surface area contributed by atoms with Gasteiger partial charge in [0.15, 0.2) is 0 Å². The summed E-state index contributed by atoms with van der Waals surface area (Å²) < 4.78 is 28.2. The number of hydrogen-bond acceptors (Lipinski definition) is 5. The van der Waals surface area contributed by atoms with Gasteiger partial charge in [-0.15, -0.1) is 0 Å². The fourth-order valence-corrected chi connectivity index (χ4v) is 5.15. The SMILES string of the molecule is CNS(=O)(=O)C[C@H]1CC[C@H](N(C)c2ncnc3c2ccn3C(C)(C)C)CC1. The maximum absolute atomic E-state index is 11.8. The Balaban J connectivity index is 1.76. The van der Waals surface area contributed by atoms with Crippen molar-refractivity contribution in [1.29, 1.82) is 0 Å². The van der Waals surface area contributed by atoms with Crippen LogP contribution in [-0.2, 0) is 15.6 Å². The molecule has 0 amide bonds. The minimum absolute atomic E-state index is 0.0389. The molecule has 1 N–H and O–H groups in total. The van der Waals surface area contributed by atoms with Gasteiger partial charge in [0.2, 0.25) is 10.0 Å². The molecule has 0 aliphatic heterocycles. The number of sulfonamides is 1. The maximum atomic E-state index is 11.8. The van der Waals surface area contributed by atoms with Gasteiger partial charge in [-0.3, -0.25) is 0 Å². The van der Waals surface area contributed by atoms with E-state index in [9.17, 15) is 8.42 Å². The van der Waals surface area contributed by atoms with Crippen molar-refractivity contribution in [2.45, 2.75) is 58.0 Å². The van der Waals surface area contributed by atoms with Crippen LogP contribution < -0.4 is 9.62 Å². The highest BCUT2D eigenvalue weighted by molar-refractivity contribution is 7.89. The first-order valence-corrected chi connectivity index (χ1v) is 11.2. The molecule has 0 spiro atoms. The molecule has 2 aromatic heterocycles. The Hall–Kier alpha value is -1.67. The monoisotopic (exact) mass is 393 g/mol. The van der Waals surface area contributed by atoms with Crippen LogP contribution in [0.3, 0.4) is 0 Å². The maximum Gasteiger partial charge on any atom is 0.211 e. The Morgan fingerprint density at radius 2 is 1.89 bits per heavy atom. The molecule has 8 heteroatoms. The van der Waals surface area contributed by atoms with Crippen molar-refractivity contribution in [3.63, 3.8) is 0 Å². The van der Waals surface area contributed by atoms with Crippen LogP contribution in [-0.4, -0.2) is 48.8 Å². The van der Waals surface area contributed by atoms with E-state index in [1.165, 1.54) is 7.05 Å². The van der Waals surface area contributed by atoms with Crippen LogP contribution in [0.5, 0.6) is 0 Å². The summed E-state index contributed by atoms with van der Waals surface area (Å²) in [4.78, 5) is 11.3. The van der Waals surface area contributed by atoms with Gasteiger partial charge in [0.25, 0.3) is 0 Å². The topological polar surface area (TPSA) is 80.1 Å². The van der Waals surface area contributed by atoms with Crippen LogP contribution >= 0.6 is 0 Å². The largest absolute Gasteiger partial charge is 0.356 e. The second kappa shape index (κ2) is 7.39. The van der Waals surface area contributed by atoms with Crippen LogP contribution in [0, 0.1) is 5.92 Å². The van der Waals surface area contributed by atoms with E-state index in [-0.39, 0.29) is 17.2 Å². The second-order valence-corrected chi connectivity index (χ2v) is 10.5. The predicted octanol–water partition coefficient (Wildman–Crippen LogP) is 2.73. The first-order valence-electron chi connectivity index (χ1n) is 9.59. The fourth-order valence-electron chi connectivity index (χ4n) is 4.03. The number of rotatable bonds is 5. The number of hydrogen-bond donors (Lipinski definition) is 1. The van der Waals surface area contributed by atoms with E-state index in [0.717, 1.165) is 42.5 Å². The highest BCUT2D eigenvalue weighted by Gasteiger charge is 2.28. The third-order valence-electron chi connectivity index (χ3n) is 5.65. The van der Waals surface area contributed by atoms with Crippen molar-refractivity contribution in [1.82, 2.24) is 19.3 Å². The van der Waals surface area contributed by atoms with Crippen molar-refractivity contribution in [2.75, 3.05) is 24.7 Å². The van der Waals surface area contributed by atoms with E-state index >= 15 is 0 Å². The molecular formula is C19H31N5O2S. The van der Waals surface area contributed by atoms with Crippen LogP contribution in [0.4, 0.5) is 5.82 Å². The van der Waals surface area contributed by atoms with E-state index < -0.39 is 10.0 Å². The Labute approximate surface area is 162 Å². The highest BCUT2D eigenvalue weighted by atomic mass is 32.2. The third-order valence-corrected chi connectivity index (χ3v) is 7.18. The lowest BCUT2D eigenvalue weighted by molar-refractivity contribution is 0.340. The molecule has 0 aromatic carbocycles. The quantitative estimate of drug-likeness (QED) is 0.845. The summed E-state index contributed by atoms with van der Waals surface area (Å²) in [5.41, 5.74) is 0.913. The summed E-state index contributed by atoms with van der Waals surface area (Å²) in [5.74, 6) is 1.42. The highest BCUT2D eigenvalue weighted by Crippen LogP contribution is 2.33. The molecule has 0 bridgehead atoms. The molecule has 150 valence electrons. The summed E-state index contributed by atoms with van der Waals surface area (Å²) >= 11 is 0. The van der Waals surface area contributed by atoms with Crippen LogP contribution in [0.15, 0.2) is 18.6 Å². The van der Waals surface area contributed by atoms with E-state index in [1.54, 1.807) is 6.33 Å². The number of nitrogens with one attached hydrogen (secondary N) is 1. The van der Waals surface area contributed by atoms with Gasteiger partial charge in [-0.05, 0) is 65.5 Å². The summed E-state index contributed by atoms with van der Waals surface area (Å²) in [6.45, 7) is 6.50. The molecule has 1 saturated carbocycles. The van der Waals surface area contributed by atoms with E-state index in [1.807, 2.05) is 0 Å². The lowest BCUT2D eigenvalue weighted by Gasteiger charge is -2.35. The standard InChI is InChI=1S/C19H31N5O2S/c1-19(2,3)24-11-10-16-17(21-13-22-18(16)24)23(5)15-8-6-14(7-9-15)12-27(25,26)20-4/h10-11,13-15,20H,6-9,12H2,1-5H3/t14-,15-. The second-order valence-electron chi connectivity index (χ2n) is 8.56. The molecule has 27 heavy (non-hydrogen) atoms. The number of nitrogens with zero attached hydrogens (tertiary/aromatic N) is 4. The Morgan fingerprint density at radius 3 is 2.48 bits per heavy atom. The molecule has 0 unspecified atom stereocenters. The zero-order valence-electron chi connectivity index (χ0n) is 16.9. The molecule has 2 aromatic rings. The van der Waals surface area contributed by atoms with E-state index in [0.29, 0.717) is 6.04 Å². The van der Waals surface area contributed by atoms with Gasteiger partial charge < -0.3 is 9.47 Å². The summed E-state index contributed by atoms with van der Waals surface area (Å²) in [6, 6.07) is 2.46. The Morgan fingerprint density at radius 1 is 1.22 bits per heavy atom. The average Bonchev–Trinajstić information content (AvgIpc) is 3.06. The van der Waals surface area contributed by atoms with Gasteiger partial charge in [0.1, 0.15) is 17.8 Å². The molecule has 1 fully saturated rings. The minimum atomic E-state index is -3.14. The van der Waals surface area contributed by atoms with Crippen molar-refractivity contribution in [2.24, 2.45) is 5.92 Å². The molecule has 0 saturated heterocycles. The van der Waals surface area contributed by atoms with Crippen LogP contribution in [0.25, 0.3) is 11.0 Å². The van der Waals surface area contributed by atoms with Gasteiger partial charge in [0, 0.05) is 24.8 Å². The van der Waals surface area contributed by atoms with Gasteiger partial charge in [-0.1, -0.05) is 0 Å². The molecule has 1 aliphatic rings. The van der Waals surface area contributed by atoms with Gasteiger partial charge in [-0.25, -0.2) is 23.1 Å². The first kappa shape index (κ1) is 20.1. The third kappa shape index (κ3) is 4.27. The lowest BCUT2D eigenvalue weighted by atomic mass is 9.86. The molecule has 0 radical (unpaired) electrons. The van der Waals surface area contributed by atoms with Gasteiger partial charge in [0.05, 0.1) is 11.1 Å². The number of aromatic nitrogens is 3. The molecule has 7 nitrogen and oxygen atoms in total. The zero-order chi connectivity index (χ0) is 19.8. The van der Waals surface area contributed by atoms with E-state index in [2.05, 4.69) is 64.2 Å². The van der Waals surface area contributed by atoms with Crippen LogP contribution in [0.2, 0.25) is 0 Å². The van der Waals surface area contributed by atoms with Gasteiger partial charge >= 0.3 is 0 Å². The molecule has 3 rings (SSSR count).